The molecule has 6 heteroatoms. The Kier molecular flexibility index (Phi) is 4.80. The third-order valence-corrected chi connectivity index (χ3v) is 4.42. The fraction of sp³-hybridized carbons (Fsp3) is 0.400. The van der Waals surface area contributed by atoms with E-state index in [1.165, 1.54) is 0 Å². The van der Waals surface area contributed by atoms with Crippen molar-refractivity contribution in [1.29, 1.82) is 0 Å². The average molecular weight is 308 g/mol. The smallest absolute Gasteiger partial charge is 0.219 e. The number of benzene rings is 1. The molecule has 0 aliphatic carbocycles. The zero-order valence-electron chi connectivity index (χ0n) is 12.4. The number of hydrogen-bond acceptors (Lipinski definition) is 4. The fourth-order valence-corrected chi connectivity index (χ4v) is 3.55. The van der Waals surface area contributed by atoms with Crippen LogP contribution in [0.5, 0.6) is 0 Å². The Bertz CT molecular complexity index is 678. The molecule has 1 aromatic heterocycles. The van der Waals surface area contributed by atoms with E-state index in [0.29, 0.717) is 11.5 Å². The molecule has 0 fully saturated rings. The van der Waals surface area contributed by atoms with Crippen molar-refractivity contribution in [2.45, 2.75) is 32.6 Å². The van der Waals surface area contributed by atoms with Gasteiger partial charge in [-0.25, -0.2) is 13.1 Å². The van der Waals surface area contributed by atoms with Gasteiger partial charge in [0.1, 0.15) is 5.75 Å². The van der Waals surface area contributed by atoms with Gasteiger partial charge in [-0.1, -0.05) is 49.3 Å². The van der Waals surface area contributed by atoms with Gasteiger partial charge in [0.15, 0.2) is 5.76 Å². The molecular weight excluding hydrogens is 288 g/mol. The van der Waals surface area contributed by atoms with Crippen LogP contribution >= 0.6 is 0 Å². The number of aryl methyl sites for hydroxylation is 1. The maximum Gasteiger partial charge on any atom is 0.219 e. The Morgan fingerprint density at radius 3 is 2.43 bits per heavy atom. The van der Waals surface area contributed by atoms with Crippen LogP contribution in [0.25, 0.3) is 0 Å². The molecule has 0 bridgehead atoms. The molecule has 1 atom stereocenters. The maximum absolute atomic E-state index is 12.3. The quantitative estimate of drug-likeness (QED) is 0.890. The van der Waals surface area contributed by atoms with Crippen LogP contribution in [0.3, 0.4) is 0 Å². The summed E-state index contributed by atoms with van der Waals surface area (Å²) in [6, 6.07) is 10.9. The van der Waals surface area contributed by atoms with Gasteiger partial charge in [0.2, 0.25) is 10.0 Å². The van der Waals surface area contributed by atoms with Crippen molar-refractivity contribution in [3.05, 3.63) is 53.4 Å². The minimum atomic E-state index is -3.50. The Labute approximate surface area is 125 Å². The van der Waals surface area contributed by atoms with E-state index in [1.54, 1.807) is 13.0 Å². The largest absolute Gasteiger partial charge is 0.360 e. The molecule has 0 aliphatic heterocycles. The molecule has 0 spiro atoms. The van der Waals surface area contributed by atoms with Crippen molar-refractivity contribution in [3.63, 3.8) is 0 Å². The molecule has 1 heterocycles. The summed E-state index contributed by atoms with van der Waals surface area (Å²) >= 11 is 0. The number of nitrogens with zero attached hydrogens (tertiary/aromatic N) is 1. The number of aromatic nitrogens is 1. The highest BCUT2D eigenvalue weighted by atomic mass is 32.2. The third-order valence-electron chi connectivity index (χ3n) is 3.14. The van der Waals surface area contributed by atoms with Gasteiger partial charge >= 0.3 is 0 Å². The number of nitrogens with one attached hydrogen (secondary N) is 1. The normalized spacial score (nSPS) is 13.5. The highest BCUT2D eigenvalue weighted by Crippen LogP contribution is 2.23. The van der Waals surface area contributed by atoms with E-state index < -0.39 is 10.0 Å². The lowest BCUT2D eigenvalue weighted by Crippen LogP contribution is -2.32. The number of sulfonamides is 1. The van der Waals surface area contributed by atoms with Crippen molar-refractivity contribution in [1.82, 2.24) is 9.88 Å². The van der Waals surface area contributed by atoms with Crippen molar-refractivity contribution < 1.29 is 12.9 Å². The van der Waals surface area contributed by atoms with Crippen LogP contribution in [0.1, 0.15) is 36.9 Å². The van der Waals surface area contributed by atoms with E-state index in [0.717, 1.165) is 5.56 Å². The Balaban J connectivity index is 2.16. The van der Waals surface area contributed by atoms with Gasteiger partial charge in [0.25, 0.3) is 0 Å². The van der Waals surface area contributed by atoms with Crippen LogP contribution in [-0.4, -0.2) is 13.6 Å². The third kappa shape index (κ3) is 4.41. The highest BCUT2D eigenvalue weighted by molar-refractivity contribution is 7.88. The van der Waals surface area contributed by atoms with E-state index >= 15 is 0 Å². The van der Waals surface area contributed by atoms with Gasteiger partial charge in [0.05, 0.1) is 5.69 Å². The fourth-order valence-electron chi connectivity index (χ4n) is 2.16. The van der Waals surface area contributed by atoms with Gasteiger partial charge in [-0.15, -0.1) is 0 Å². The zero-order valence-corrected chi connectivity index (χ0v) is 13.2. The first-order valence-corrected chi connectivity index (χ1v) is 8.50. The molecule has 21 heavy (non-hydrogen) atoms. The molecule has 1 unspecified atom stereocenters. The van der Waals surface area contributed by atoms with Crippen LogP contribution in [0.15, 0.2) is 40.9 Å². The number of rotatable bonds is 6. The topological polar surface area (TPSA) is 72.2 Å². The van der Waals surface area contributed by atoms with Crippen LogP contribution in [-0.2, 0) is 15.8 Å². The van der Waals surface area contributed by atoms with Crippen molar-refractivity contribution in [2.75, 3.05) is 0 Å². The van der Waals surface area contributed by atoms with Crippen LogP contribution in [0.2, 0.25) is 0 Å². The minimum Gasteiger partial charge on any atom is -0.360 e. The zero-order chi connectivity index (χ0) is 15.5. The first-order chi connectivity index (χ1) is 9.87. The lowest BCUT2D eigenvalue weighted by Gasteiger charge is -2.22. The van der Waals surface area contributed by atoms with Gasteiger partial charge in [-0.05, 0) is 18.4 Å². The second kappa shape index (κ2) is 6.41. The Morgan fingerprint density at radius 1 is 1.24 bits per heavy atom. The summed E-state index contributed by atoms with van der Waals surface area (Å²) < 4.78 is 32.3. The van der Waals surface area contributed by atoms with Gasteiger partial charge in [-0.2, -0.15) is 0 Å². The molecular formula is C15H20N2O3S. The average Bonchev–Trinajstić information content (AvgIpc) is 2.81. The predicted molar refractivity (Wildman–Crippen MR) is 81.0 cm³/mol. The van der Waals surface area contributed by atoms with Crippen LogP contribution < -0.4 is 4.72 Å². The molecule has 0 saturated carbocycles. The summed E-state index contributed by atoms with van der Waals surface area (Å²) in [6.45, 7) is 5.73. The maximum atomic E-state index is 12.3. The number of hydrogen-bond donors (Lipinski definition) is 1. The molecule has 114 valence electrons. The van der Waals surface area contributed by atoms with Gasteiger partial charge in [0, 0.05) is 12.1 Å². The standard InChI is InChI=1S/C15H20N2O3S/c1-11(2)15(13-7-5-4-6-8-13)17-21(18,19)10-14-9-12(3)16-20-14/h4-9,11,15,17H,10H2,1-3H3. The summed E-state index contributed by atoms with van der Waals surface area (Å²) in [4.78, 5) is 0. The van der Waals surface area contributed by atoms with E-state index in [9.17, 15) is 8.42 Å². The van der Waals surface area contributed by atoms with Crippen LogP contribution in [0, 0.1) is 12.8 Å². The van der Waals surface area contributed by atoms with Crippen LogP contribution in [0.4, 0.5) is 0 Å². The molecule has 1 aromatic carbocycles. The van der Waals surface area contributed by atoms with Crippen molar-refractivity contribution >= 4 is 10.0 Å². The summed E-state index contributed by atoms with van der Waals surface area (Å²) in [7, 11) is -3.50. The Hall–Kier alpha value is -1.66. The van der Waals surface area contributed by atoms with Crippen molar-refractivity contribution in [2.24, 2.45) is 5.92 Å². The first-order valence-electron chi connectivity index (χ1n) is 6.84. The molecule has 0 radical (unpaired) electrons. The molecule has 1 N–H and O–H groups in total. The summed E-state index contributed by atoms with van der Waals surface area (Å²) in [5, 5.41) is 3.71. The lowest BCUT2D eigenvalue weighted by molar-refractivity contribution is 0.387. The van der Waals surface area contributed by atoms with Gasteiger partial charge < -0.3 is 4.52 Å². The molecule has 0 amide bonds. The van der Waals surface area contributed by atoms with E-state index in [2.05, 4.69) is 9.88 Å². The van der Waals surface area contributed by atoms with Crippen molar-refractivity contribution in [3.8, 4) is 0 Å². The van der Waals surface area contributed by atoms with Gasteiger partial charge in [-0.3, -0.25) is 0 Å². The molecule has 0 saturated heterocycles. The summed E-state index contributed by atoms with van der Waals surface area (Å²) in [6.07, 6.45) is 0. The predicted octanol–water partition coefficient (Wildman–Crippen LogP) is 2.80. The SMILES string of the molecule is Cc1cc(CS(=O)(=O)NC(c2ccccc2)C(C)C)on1. The second-order valence-corrected chi connectivity index (χ2v) is 7.20. The lowest BCUT2D eigenvalue weighted by atomic mass is 9.97. The van der Waals surface area contributed by atoms with E-state index in [4.69, 9.17) is 4.52 Å². The highest BCUT2D eigenvalue weighted by Gasteiger charge is 2.23. The molecule has 2 aromatic rings. The second-order valence-electron chi connectivity index (χ2n) is 5.44. The summed E-state index contributed by atoms with van der Waals surface area (Å²) in [5.41, 5.74) is 1.62. The molecule has 2 rings (SSSR count). The summed E-state index contributed by atoms with van der Waals surface area (Å²) in [5.74, 6) is 0.276. The monoisotopic (exact) mass is 308 g/mol. The van der Waals surface area contributed by atoms with E-state index in [-0.39, 0.29) is 17.7 Å². The molecule has 5 nitrogen and oxygen atoms in total. The minimum absolute atomic E-state index is 0.138. The Morgan fingerprint density at radius 2 is 1.90 bits per heavy atom. The molecule has 0 aliphatic rings. The van der Waals surface area contributed by atoms with E-state index in [1.807, 2.05) is 44.2 Å². The first kappa shape index (κ1) is 15.7.